The van der Waals surface area contributed by atoms with Crippen LogP contribution < -0.4 is 5.32 Å². The van der Waals surface area contributed by atoms with Gasteiger partial charge in [0, 0.05) is 6.54 Å². The van der Waals surface area contributed by atoms with Crippen LogP contribution in [0.3, 0.4) is 0 Å². The molecule has 0 spiro atoms. The van der Waals surface area contributed by atoms with E-state index in [-0.39, 0.29) is 12.2 Å². The summed E-state index contributed by atoms with van der Waals surface area (Å²) >= 11 is 0. The van der Waals surface area contributed by atoms with Crippen molar-refractivity contribution in [1.82, 2.24) is 5.32 Å². The summed E-state index contributed by atoms with van der Waals surface area (Å²) in [5.41, 5.74) is 0. The van der Waals surface area contributed by atoms with Gasteiger partial charge in [0.2, 0.25) is 0 Å². The predicted molar refractivity (Wildman–Crippen MR) is 57.8 cm³/mol. The fourth-order valence-corrected chi connectivity index (χ4v) is 1.69. The topological polar surface area (TPSA) is 47.6 Å². The molecule has 0 saturated heterocycles. The Bertz CT molecular complexity index is 188. The molecule has 0 unspecified atom stereocenters. The van der Waals surface area contributed by atoms with Gasteiger partial charge in [-0.05, 0) is 26.7 Å². The van der Waals surface area contributed by atoms with E-state index in [1.807, 2.05) is 13.8 Å². The number of hydrogen-bond acceptors (Lipinski definition) is 3. The number of nitrogens with one attached hydrogen (secondary N) is 1. The van der Waals surface area contributed by atoms with Crippen LogP contribution in [0, 0.1) is 0 Å². The number of alkyl carbamates (subject to hydrolysis) is 1. The van der Waals surface area contributed by atoms with Crippen molar-refractivity contribution < 1.29 is 14.3 Å². The van der Waals surface area contributed by atoms with Gasteiger partial charge < -0.3 is 14.8 Å². The largest absolute Gasteiger partial charge is 0.447 e. The van der Waals surface area contributed by atoms with Crippen LogP contribution in [0.5, 0.6) is 0 Å². The van der Waals surface area contributed by atoms with E-state index in [1.165, 1.54) is 12.8 Å². The molecule has 1 fully saturated rings. The summed E-state index contributed by atoms with van der Waals surface area (Å²) in [4.78, 5) is 11.1. The smallest absolute Gasteiger partial charge is 0.407 e. The summed E-state index contributed by atoms with van der Waals surface area (Å²) in [6.07, 6.45) is 4.85. The van der Waals surface area contributed by atoms with Crippen molar-refractivity contribution in [2.45, 2.75) is 51.7 Å². The van der Waals surface area contributed by atoms with E-state index in [1.54, 1.807) is 0 Å². The van der Waals surface area contributed by atoms with Crippen LogP contribution in [0.15, 0.2) is 0 Å². The highest BCUT2D eigenvalue weighted by atomic mass is 16.6. The number of rotatable bonds is 5. The molecular formula is C11H21NO3. The lowest BCUT2D eigenvalue weighted by Crippen LogP contribution is -2.30. The second-order valence-corrected chi connectivity index (χ2v) is 4.16. The maximum absolute atomic E-state index is 11.1. The van der Waals surface area contributed by atoms with Crippen molar-refractivity contribution in [1.29, 1.82) is 0 Å². The van der Waals surface area contributed by atoms with Gasteiger partial charge in [0.25, 0.3) is 0 Å². The molecule has 88 valence electrons. The highest BCUT2D eigenvalue weighted by Gasteiger charge is 2.14. The van der Waals surface area contributed by atoms with E-state index in [0.29, 0.717) is 19.3 Å². The second kappa shape index (κ2) is 6.67. The number of carbonyl (C=O) groups is 1. The number of amides is 1. The molecule has 0 bridgehead atoms. The Morgan fingerprint density at radius 3 is 2.67 bits per heavy atom. The first-order chi connectivity index (χ1) is 7.18. The Balaban J connectivity index is 1.94. The van der Waals surface area contributed by atoms with Gasteiger partial charge >= 0.3 is 6.09 Å². The maximum atomic E-state index is 11.1. The first-order valence-corrected chi connectivity index (χ1v) is 5.74. The fourth-order valence-electron chi connectivity index (χ4n) is 1.69. The molecule has 1 rings (SSSR count). The lowest BCUT2D eigenvalue weighted by molar-refractivity contribution is 0.0572. The van der Waals surface area contributed by atoms with Crippen LogP contribution in [0.1, 0.15) is 39.5 Å². The molecule has 0 aromatic carbocycles. The Hall–Kier alpha value is -0.770. The van der Waals surface area contributed by atoms with Gasteiger partial charge in [0.1, 0.15) is 0 Å². The summed E-state index contributed by atoms with van der Waals surface area (Å²) < 4.78 is 10.5. The van der Waals surface area contributed by atoms with Crippen LogP contribution in [0.4, 0.5) is 4.79 Å². The van der Waals surface area contributed by atoms with Crippen LogP contribution in [-0.4, -0.2) is 31.5 Å². The van der Waals surface area contributed by atoms with E-state index in [0.717, 1.165) is 12.8 Å². The summed E-state index contributed by atoms with van der Waals surface area (Å²) in [6, 6.07) is 0. The van der Waals surface area contributed by atoms with E-state index >= 15 is 0 Å². The lowest BCUT2D eigenvalue weighted by Gasteiger charge is -2.12. The average molecular weight is 215 g/mol. The van der Waals surface area contributed by atoms with Gasteiger partial charge in [-0.25, -0.2) is 4.79 Å². The van der Waals surface area contributed by atoms with Crippen molar-refractivity contribution >= 4 is 6.09 Å². The molecule has 0 atom stereocenters. The molecule has 4 nitrogen and oxygen atoms in total. The monoisotopic (exact) mass is 215 g/mol. The normalized spacial score (nSPS) is 17.0. The Morgan fingerprint density at radius 1 is 1.40 bits per heavy atom. The maximum Gasteiger partial charge on any atom is 0.407 e. The van der Waals surface area contributed by atoms with Crippen LogP contribution in [0.2, 0.25) is 0 Å². The molecule has 0 radical (unpaired) electrons. The number of hydrogen-bond donors (Lipinski definition) is 1. The van der Waals surface area contributed by atoms with Gasteiger partial charge in [-0.1, -0.05) is 12.8 Å². The Morgan fingerprint density at radius 2 is 2.07 bits per heavy atom. The molecule has 0 aromatic heterocycles. The van der Waals surface area contributed by atoms with E-state index in [9.17, 15) is 4.79 Å². The summed E-state index contributed by atoms with van der Waals surface area (Å²) in [7, 11) is 0. The van der Waals surface area contributed by atoms with Gasteiger partial charge in [-0.15, -0.1) is 0 Å². The standard InChI is InChI=1S/C11H21NO3/c1-9(2)15-11(13)12-7-8-14-10-5-3-4-6-10/h9-10H,3-8H2,1-2H3,(H,12,13). The van der Waals surface area contributed by atoms with Gasteiger partial charge in [-0.3, -0.25) is 0 Å². The summed E-state index contributed by atoms with van der Waals surface area (Å²) in [6.45, 7) is 4.77. The minimum atomic E-state index is -0.361. The molecule has 1 N–H and O–H groups in total. The molecule has 0 heterocycles. The minimum Gasteiger partial charge on any atom is -0.447 e. The molecule has 1 saturated carbocycles. The Kier molecular flexibility index (Phi) is 5.47. The SMILES string of the molecule is CC(C)OC(=O)NCCOC1CCCC1. The van der Waals surface area contributed by atoms with Crippen molar-refractivity contribution in [3.63, 3.8) is 0 Å². The highest BCUT2D eigenvalue weighted by molar-refractivity contribution is 5.67. The van der Waals surface area contributed by atoms with Crippen LogP contribution in [-0.2, 0) is 9.47 Å². The van der Waals surface area contributed by atoms with Gasteiger partial charge in [-0.2, -0.15) is 0 Å². The van der Waals surface area contributed by atoms with Crippen molar-refractivity contribution in [2.75, 3.05) is 13.2 Å². The second-order valence-electron chi connectivity index (χ2n) is 4.16. The third kappa shape index (κ3) is 5.62. The van der Waals surface area contributed by atoms with Crippen molar-refractivity contribution in [2.24, 2.45) is 0 Å². The predicted octanol–water partition coefficient (Wildman–Crippen LogP) is 2.08. The lowest BCUT2D eigenvalue weighted by atomic mass is 10.3. The molecule has 4 heteroatoms. The van der Waals surface area contributed by atoms with Crippen molar-refractivity contribution in [3.05, 3.63) is 0 Å². The summed E-state index contributed by atoms with van der Waals surface area (Å²) in [5, 5.41) is 2.65. The molecule has 0 aromatic rings. The quantitative estimate of drug-likeness (QED) is 0.714. The van der Waals surface area contributed by atoms with E-state index in [4.69, 9.17) is 9.47 Å². The molecule has 1 aliphatic carbocycles. The highest BCUT2D eigenvalue weighted by Crippen LogP contribution is 2.20. The van der Waals surface area contributed by atoms with Crippen LogP contribution in [0.25, 0.3) is 0 Å². The van der Waals surface area contributed by atoms with Gasteiger partial charge in [0.05, 0.1) is 18.8 Å². The first kappa shape index (κ1) is 12.3. The molecule has 0 aliphatic heterocycles. The minimum absolute atomic E-state index is 0.0687. The van der Waals surface area contributed by atoms with Crippen molar-refractivity contribution in [3.8, 4) is 0 Å². The Labute approximate surface area is 91.3 Å². The fraction of sp³-hybridized carbons (Fsp3) is 0.909. The average Bonchev–Trinajstić information content (AvgIpc) is 2.63. The zero-order valence-corrected chi connectivity index (χ0v) is 9.62. The molecule has 15 heavy (non-hydrogen) atoms. The zero-order chi connectivity index (χ0) is 11.1. The van der Waals surface area contributed by atoms with Gasteiger partial charge in [0.15, 0.2) is 0 Å². The molecule has 1 amide bonds. The summed E-state index contributed by atoms with van der Waals surface area (Å²) in [5.74, 6) is 0. The van der Waals surface area contributed by atoms with E-state index < -0.39 is 0 Å². The molecule has 1 aliphatic rings. The van der Waals surface area contributed by atoms with E-state index in [2.05, 4.69) is 5.32 Å². The zero-order valence-electron chi connectivity index (χ0n) is 9.62. The third-order valence-corrected chi connectivity index (χ3v) is 2.37. The van der Waals surface area contributed by atoms with Crippen LogP contribution >= 0.6 is 0 Å². The number of carbonyl (C=O) groups excluding carboxylic acids is 1. The third-order valence-electron chi connectivity index (χ3n) is 2.37. The molecular weight excluding hydrogens is 194 g/mol. The first-order valence-electron chi connectivity index (χ1n) is 5.74. The number of ether oxygens (including phenoxy) is 2.